The highest BCUT2D eigenvalue weighted by atomic mass is 16.5. The van der Waals surface area contributed by atoms with E-state index in [0.717, 1.165) is 44.1 Å². The van der Waals surface area contributed by atoms with Crippen LogP contribution in [0.15, 0.2) is 29.3 Å². The Hall–Kier alpha value is -2.08. The molecule has 1 fully saturated rings. The number of aliphatic imine (C=N–C) groups is 1. The number of carbonyl (C=O) groups excluding carboxylic acids is 1. The minimum atomic E-state index is -0.0438. The molecule has 0 spiro atoms. The molecule has 2 N–H and O–H groups in total. The average Bonchev–Trinajstić information content (AvgIpc) is 3.22. The summed E-state index contributed by atoms with van der Waals surface area (Å²) in [4.78, 5) is 18.7. The van der Waals surface area contributed by atoms with Crippen LogP contribution in [-0.4, -0.2) is 56.2 Å². The molecule has 1 atom stereocenters. The lowest BCUT2D eigenvalue weighted by Crippen LogP contribution is -2.35. The predicted molar refractivity (Wildman–Crippen MR) is 89.5 cm³/mol. The highest BCUT2D eigenvalue weighted by Crippen LogP contribution is 2.11. The summed E-state index contributed by atoms with van der Waals surface area (Å²) in [6.07, 6.45) is 2.28. The Labute approximate surface area is 136 Å². The van der Waals surface area contributed by atoms with Gasteiger partial charge in [0.1, 0.15) is 0 Å². The van der Waals surface area contributed by atoms with Crippen molar-refractivity contribution in [3.63, 3.8) is 0 Å². The van der Waals surface area contributed by atoms with Crippen molar-refractivity contribution in [2.75, 3.05) is 33.3 Å². The van der Waals surface area contributed by atoms with Gasteiger partial charge < -0.3 is 20.3 Å². The normalized spacial score (nSPS) is 20.5. The summed E-state index contributed by atoms with van der Waals surface area (Å²) in [5, 5.41) is 6.27. The molecule has 1 amide bonds. The highest BCUT2D eigenvalue weighted by molar-refractivity contribution is 5.94. The summed E-state index contributed by atoms with van der Waals surface area (Å²) in [6.45, 7) is 3.84. The van der Waals surface area contributed by atoms with Crippen LogP contribution in [0.3, 0.4) is 0 Å². The summed E-state index contributed by atoms with van der Waals surface area (Å²) in [6, 6.07) is 7.69. The first-order valence-corrected chi connectivity index (χ1v) is 8.20. The number of hydrogen-bond donors (Lipinski definition) is 2. The van der Waals surface area contributed by atoms with Gasteiger partial charge in [-0.05, 0) is 30.5 Å². The van der Waals surface area contributed by atoms with Gasteiger partial charge >= 0.3 is 0 Å². The standard InChI is InChI=1S/C17H24N4O2/c1-21-8-7-18-17(21)20-11-13-4-2-5-14(10-13)16(22)19-12-15-6-3-9-23-15/h2,4-5,10,15H,3,6-9,11-12H2,1H3,(H,18,20)(H,19,22). The molecule has 6 nitrogen and oxygen atoms in total. The molecule has 0 saturated carbocycles. The fourth-order valence-electron chi connectivity index (χ4n) is 2.84. The van der Waals surface area contributed by atoms with Gasteiger partial charge in [0.25, 0.3) is 5.91 Å². The summed E-state index contributed by atoms with van der Waals surface area (Å²) >= 11 is 0. The van der Waals surface area contributed by atoms with Gasteiger partial charge in [0, 0.05) is 38.9 Å². The number of carbonyl (C=O) groups is 1. The first-order chi connectivity index (χ1) is 11.2. The molecule has 2 aliphatic heterocycles. The van der Waals surface area contributed by atoms with E-state index in [2.05, 4.69) is 20.5 Å². The lowest BCUT2D eigenvalue weighted by molar-refractivity contribution is 0.0857. The van der Waals surface area contributed by atoms with Crippen LogP contribution in [0.25, 0.3) is 0 Å². The maximum atomic E-state index is 12.2. The number of amides is 1. The van der Waals surface area contributed by atoms with Crippen LogP contribution < -0.4 is 10.6 Å². The van der Waals surface area contributed by atoms with Gasteiger partial charge in [-0.2, -0.15) is 0 Å². The minimum absolute atomic E-state index is 0.0438. The van der Waals surface area contributed by atoms with Gasteiger partial charge in [0.2, 0.25) is 0 Å². The van der Waals surface area contributed by atoms with Crippen molar-refractivity contribution >= 4 is 11.9 Å². The molecule has 23 heavy (non-hydrogen) atoms. The molecule has 124 valence electrons. The number of rotatable bonds is 5. The van der Waals surface area contributed by atoms with Crippen LogP contribution >= 0.6 is 0 Å². The van der Waals surface area contributed by atoms with Crippen LogP contribution in [0.1, 0.15) is 28.8 Å². The maximum Gasteiger partial charge on any atom is 0.251 e. The number of nitrogens with zero attached hydrogens (tertiary/aromatic N) is 2. The monoisotopic (exact) mass is 316 g/mol. The van der Waals surface area contributed by atoms with Gasteiger partial charge in [0.05, 0.1) is 12.6 Å². The molecule has 1 aromatic carbocycles. The molecule has 0 aliphatic carbocycles. The van der Waals surface area contributed by atoms with Crippen molar-refractivity contribution < 1.29 is 9.53 Å². The Morgan fingerprint density at radius 1 is 1.48 bits per heavy atom. The molecule has 3 rings (SSSR count). The Kier molecular flexibility index (Phi) is 5.12. The SMILES string of the molecule is CN1CCN=C1NCc1cccc(C(=O)NCC2CCCO2)c1. The van der Waals surface area contributed by atoms with Gasteiger partial charge in [-0.25, -0.2) is 0 Å². The topological polar surface area (TPSA) is 66.0 Å². The van der Waals surface area contributed by atoms with Crippen LogP contribution in [-0.2, 0) is 11.3 Å². The maximum absolute atomic E-state index is 12.2. The number of benzene rings is 1. The molecule has 6 heteroatoms. The highest BCUT2D eigenvalue weighted by Gasteiger charge is 2.17. The first kappa shape index (κ1) is 15.8. The zero-order chi connectivity index (χ0) is 16.1. The molecule has 0 aromatic heterocycles. The van der Waals surface area contributed by atoms with E-state index in [-0.39, 0.29) is 12.0 Å². The van der Waals surface area contributed by atoms with E-state index in [0.29, 0.717) is 18.7 Å². The van der Waals surface area contributed by atoms with E-state index < -0.39 is 0 Å². The lowest BCUT2D eigenvalue weighted by Gasteiger charge is -2.15. The number of hydrogen-bond acceptors (Lipinski definition) is 5. The second-order valence-electron chi connectivity index (χ2n) is 6.03. The zero-order valence-electron chi connectivity index (χ0n) is 13.5. The molecule has 1 aromatic rings. The van der Waals surface area contributed by atoms with Gasteiger partial charge in [0.15, 0.2) is 5.96 Å². The van der Waals surface area contributed by atoms with Crippen LogP contribution in [0.5, 0.6) is 0 Å². The smallest absolute Gasteiger partial charge is 0.251 e. The van der Waals surface area contributed by atoms with E-state index in [1.807, 2.05) is 31.3 Å². The summed E-state index contributed by atoms with van der Waals surface area (Å²) in [5.41, 5.74) is 1.75. The van der Waals surface area contributed by atoms with E-state index in [4.69, 9.17) is 4.74 Å². The third kappa shape index (κ3) is 4.22. The second-order valence-corrected chi connectivity index (χ2v) is 6.03. The van der Waals surface area contributed by atoms with Crippen molar-refractivity contribution in [2.45, 2.75) is 25.5 Å². The Morgan fingerprint density at radius 2 is 2.39 bits per heavy atom. The van der Waals surface area contributed by atoms with Crippen molar-refractivity contribution in [3.05, 3.63) is 35.4 Å². The molecule has 1 unspecified atom stereocenters. The largest absolute Gasteiger partial charge is 0.376 e. The van der Waals surface area contributed by atoms with E-state index in [9.17, 15) is 4.79 Å². The first-order valence-electron chi connectivity index (χ1n) is 8.20. The zero-order valence-corrected chi connectivity index (χ0v) is 13.5. The summed E-state index contributed by atoms with van der Waals surface area (Å²) in [7, 11) is 2.02. The van der Waals surface area contributed by atoms with Gasteiger partial charge in [-0.15, -0.1) is 0 Å². The van der Waals surface area contributed by atoms with Crippen molar-refractivity contribution in [3.8, 4) is 0 Å². The molecule has 2 heterocycles. The van der Waals surface area contributed by atoms with Crippen molar-refractivity contribution in [1.29, 1.82) is 0 Å². The predicted octanol–water partition coefficient (Wildman–Crippen LogP) is 0.986. The van der Waals surface area contributed by atoms with Gasteiger partial charge in [-0.1, -0.05) is 12.1 Å². The molecule has 2 aliphatic rings. The third-order valence-electron chi connectivity index (χ3n) is 4.21. The number of nitrogens with one attached hydrogen (secondary N) is 2. The summed E-state index contributed by atoms with van der Waals surface area (Å²) < 4.78 is 5.53. The number of likely N-dealkylation sites (N-methyl/N-ethyl adjacent to an activating group) is 1. The van der Waals surface area contributed by atoms with Crippen molar-refractivity contribution in [2.24, 2.45) is 4.99 Å². The third-order valence-corrected chi connectivity index (χ3v) is 4.21. The lowest BCUT2D eigenvalue weighted by atomic mass is 10.1. The quantitative estimate of drug-likeness (QED) is 0.850. The number of guanidine groups is 1. The molecule has 0 bridgehead atoms. The minimum Gasteiger partial charge on any atom is -0.376 e. The van der Waals surface area contributed by atoms with E-state index >= 15 is 0 Å². The Morgan fingerprint density at radius 3 is 3.13 bits per heavy atom. The number of ether oxygens (including phenoxy) is 1. The molecular formula is C17H24N4O2. The van der Waals surface area contributed by atoms with Gasteiger partial charge in [-0.3, -0.25) is 9.79 Å². The van der Waals surface area contributed by atoms with Crippen LogP contribution in [0, 0.1) is 0 Å². The van der Waals surface area contributed by atoms with Crippen molar-refractivity contribution in [1.82, 2.24) is 15.5 Å². The van der Waals surface area contributed by atoms with Crippen LogP contribution in [0.2, 0.25) is 0 Å². The fraction of sp³-hybridized carbons (Fsp3) is 0.529. The van der Waals surface area contributed by atoms with E-state index in [1.54, 1.807) is 0 Å². The molecule has 1 saturated heterocycles. The Bertz CT molecular complexity index is 582. The Balaban J connectivity index is 1.52. The molecular weight excluding hydrogens is 292 g/mol. The van der Waals surface area contributed by atoms with E-state index in [1.165, 1.54) is 0 Å². The fourth-order valence-corrected chi connectivity index (χ4v) is 2.84. The van der Waals surface area contributed by atoms with Crippen LogP contribution in [0.4, 0.5) is 0 Å². The average molecular weight is 316 g/mol. The molecule has 0 radical (unpaired) electrons. The summed E-state index contributed by atoms with van der Waals surface area (Å²) in [5.74, 6) is 0.871. The second kappa shape index (κ2) is 7.46.